The van der Waals surface area contributed by atoms with Gasteiger partial charge in [0.25, 0.3) is 0 Å². The molecular formula is C11H10N2O2. The molecule has 1 aromatic carbocycles. The zero-order valence-electron chi connectivity index (χ0n) is 7.99. The number of ether oxygens (including phenoxy) is 1. The highest BCUT2D eigenvalue weighted by Gasteiger charge is 2.23. The van der Waals surface area contributed by atoms with E-state index in [1.54, 1.807) is 0 Å². The van der Waals surface area contributed by atoms with Gasteiger partial charge in [0.2, 0.25) is 0 Å². The molecular weight excluding hydrogens is 192 g/mol. The summed E-state index contributed by atoms with van der Waals surface area (Å²) in [5.74, 6) is 0. The summed E-state index contributed by atoms with van der Waals surface area (Å²) in [7, 11) is 0. The first-order chi connectivity index (χ1) is 7.33. The molecule has 76 valence electrons. The van der Waals surface area contributed by atoms with Gasteiger partial charge >= 0.3 is 6.09 Å². The van der Waals surface area contributed by atoms with E-state index >= 15 is 0 Å². The van der Waals surface area contributed by atoms with E-state index in [-0.39, 0.29) is 12.1 Å². The normalized spacial score (nSPS) is 20.3. The van der Waals surface area contributed by atoms with E-state index in [0.717, 1.165) is 16.5 Å². The summed E-state index contributed by atoms with van der Waals surface area (Å²) in [5, 5.41) is 3.90. The molecule has 1 amide bonds. The van der Waals surface area contributed by atoms with Gasteiger partial charge in [0.1, 0.15) is 6.61 Å². The third-order valence-electron chi connectivity index (χ3n) is 2.65. The molecule has 4 nitrogen and oxygen atoms in total. The highest BCUT2D eigenvalue weighted by atomic mass is 16.6. The number of rotatable bonds is 1. The lowest BCUT2D eigenvalue weighted by atomic mass is 10.1. The Kier molecular flexibility index (Phi) is 1.68. The van der Waals surface area contributed by atoms with Crippen molar-refractivity contribution >= 4 is 17.0 Å². The van der Waals surface area contributed by atoms with Gasteiger partial charge < -0.3 is 15.0 Å². The second-order valence-electron chi connectivity index (χ2n) is 3.62. The molecule has 0 spiro atoms. The molecule has 0 aliphatic carbocycles. The molecule has 0 saturated carbocycles. The van der Waals surface area contributed by atoms with Crippen molar-refractivity contribution in [3.63, 3.8) is 0 Å². The number of aromatic amines is 1. The molecule has 4 heteroatoms. The Morgan fingerprint density at radius 3 is 3.07 bits per heavy atom. The van der Waals surface area contributed by atoms with Gasteiger partial charge in [-0.2, -0.15) is 0 Å². The van der Waals surface area contributed by atoms with Gasteiger partial charge in [-0.15, -0.1) is 0 Å². The third-order valence-corrected chi connectivity index (χ3v) is 2.65. The number of carbonyl (C=O) groups is 1. The lowest BCUT2D eigenvalue weighted by molar-refractivity contribution is 0.177. The van der Waals surface area contributed by atoms with Gasteiger partial charge in [-0.25, -0.2) is 4.79 Å². The topological polar surface area (TPSA) is 54.1 Å². The zero-order valence-corrected chi connectivity index (χ0v) is 7.99. The van der Waals surface area contributed by atoms with E-state index < -0.39 is 0 Å². The van der Waals surface area contributed by atoms with E-state index in [2.05, 4.69) is 16.4 Å². The molecule has 1 aliphatic rings. The van der Waals surface area contributed by atoms with Crippen molar-refractivity contribution in [3.8, 4) is 0 Å². The lowest BCUT2D eigenvalue weighted by Gasteiger charge is -2.07. The number of alkyl carbamates (subject to hydrolysis) is 1. The molecule has 1 unspecified atom stereocenters. The minimum Gasteiger partial charge on any atom is -0.447 e. The van der Waals surface area contributed by atoms with E-state index in [0.29, 0.717) is 6.61 Å². The van der Waals surface area contributed by atoms with Crippen LogP contribution in [0.25, 0.3) is 10.9 Å². The number of benzene rings is 1. The first kappa shape index (κ1) is 8.35. The van der Waals surface area contributed by atoms with Crippen molar-refractivity contribution in [2.45, 2.75) is 6.04 Å². The number of amides is 1. The standard InChI is InChI=1S/C11H10N2O2/c14-11-13-10(6-15-11)7-1-2-9-8(5-7)3-4-12-9/h1-5,10,12H,6H2,(H,13,14). The number of aromatic nitrogens is 1. The average molecular weight is 202 g/mol. The maximum Gasteiger partial charge on any atom is 0.407 e. The number of carbonyl (C=O) groups excluding carboxylic acids is 1. The van der Waals surface area contributed by atoms with Crippen LogP contribution in [-0.4, -0.2) is 17.7 Å². The largest absolute Gasteiger partial charge is 0.447 e. The van der Waals surface area contributed by atoms with Crippen LogP contribution >= 0.6 is 0 Å². The number of H-pyrrole nitrogens is 1. The fourth-order valence-electron chi connectivity index (χ4n) is 1.85. The van der Waals surface area contributed by atoms with E-state index in [1.165, 1.54) is 0 Å². The van der Waals surface area contributed by atoms with Crippen LogP contribution in [0.15, 0.2) is 30.5 Å². The van der Waals surface area contributed by atoms with E-state index in [9.17, 15) is 4.79 Å². The Labute approximate surface area is 86.2 Å². The molecule has 1 aromatic heterocycles. The zero-order chi connectivity index (χ0) is 10.3. The average Bonchev–Trinajstić information content (AvgIpc) is 2.84. The highest BCUT2D eigenvalue weighted by molar-refractivity contribution is 5.80. The monoisotopic (exact) mass is 202 g/mol. The Hall–Kier alpha value is -1.97. The predicted molar refractivity (Wildman–Crippen MR) is 55.5 cm³/mol. The molecule has 1 aliphatic heterocycles. The van der Waals surface area contributed by atoms with Crippen molar-refractivity contribution in [1.29, 1.82) is 0 Å². The molecule has 1 atom stereocenters. The first-order valence-corrected chi connectivity index (χ1v) is 4.83. The Morgan fingerprint density at radius 2 is 2.27 bits per heavy atom. The van der Waals surface area contributed by atoms with Crippen molar-refractivity contribution in [2.24, 2.45) is 0 Å². The number of hydrogen-bond acceptors (Lipinski definition) is 2. The van der Waals surface area contributed by atoms with Gasteiger partial charge in [0.15, 0.2) is 0 Å². The van der Waals surface area contributed by atoms with Gasteiger partial charge in [-0.05, 0) is 29.1 Å². The second kappa shape index (κ2) is 3.02. The minimum absolute atomic E-state index is 0.0169. The van der Waals surface area contributed by atoms with Crippen LogP contribution in [0, 0.1) is 0 Å². The van der Waals surface area contributed by atoms with Gasteiger partial charge in [0, 0.05) is 11.7 Å². The van der Waals surface area contributed by atoms with Crippen LogP contribution in [0.3, 0.4) is 0 Å². The number of nitrogens with one attached hydrogen (secondary N) is 2. The summed E-state index contributed by atoms with van der Waals surface area (Å²) in [6.45, 7) is 0.411. The van der Waals surface area contributed by atoms with Crippen LogP contribution in [0.2, 0.25) is 0 Å². The maximum absolute atomic E-state index is 10.9. The Bertz CT molecular complexity index is 518. The molecule has 0 bridgehead atoms. The smallest absolute Gasteiger partial charge is 0.407 e. The summed E-state index contributed by atoms with van der Waals surface area (Å²) in [6.07, 6.45) is 1.56. The maximum atomic E-state index is 10.9. The van der Waals surface area contributed by atoms with Crippen LogP contribution in [0.1, 0.15) is 11.6 Å². The van der Waals surface area contributed by atoms with Gasteiger partial charge in [-0.3, -0.25) is 0 Å². The van der Waals surface area contributed by atoms with Crippen molar-refractivity contribution in [2.75, 3.05) is 6.61 Å². The van der Waals surface area contributed by atoms with E-state index in [1.807, 2.05) is 24.4 Å². The Balaban J connectivity index is 2.00. The van der Waals surface area contributed by atoms with Gasteiger partial charge in [-0.1, -0.05) is 6.07 Å². The summed E-state index contributed by atoms with van der Waals surface area (Å²) in [5.41, 5.74) is 2.18. The molecule has 1 fully saturated rings. The molecule has 0 radical (unpaired) electrons. The van der Waals surface area contributed by atoms with Crippen LogP contribution in [0.4, 0.5) is 4.79 Å². The molecule has 2 heterocycles. The Morgan fingerprint density at radius 1 is 1.33 bits per heavy atom. The number of hydrogen-bond donors (Lipinski definition) is 2. The van der Waals surface area contributed by atoms with Crippen LogP contribution in [0.5, 0.6) is 0 Å². The molecule has 3 rings (SSSR count). The predicted octanol–water partition coefficient (Wildman–Crippen LogP) is 1.95. The molecule has 15 heavy (non-hydrogen) atoms. The van der Waals surface area contributed by atoms with Crippen molar-refractivity contribution < 1.29 is 9.53 Å². The van der Waals surface area contributed by atoms with Crippen LogP contribution < -0.4 is 5.32 Å². The second-order valence-corrected chi connectivity index (χ2v) is 3.62. The number of fused-ring (bicyclic) bond motifs is 1. The summed E-state index contributed by atoms with van der Waals surface area (Å²) in [6, 6.07) is 8.06. The molecule has 1 saturated heterocycles. The summed E-state index contributed by atoms with van der Waals surface area (Å²) in [4.78, 5) is 14.0. The van der Waals surface area contributed by atoms with E-state index in [4.69, 9.17) is 4.74 Å². The summed E-state index contributed by atoms with van der Waals surface area (Å²) >= 11 is 0. The fourth-order valence-corrected chi connectivity index (χ4v) is 1.85. The number of cyclic esters (lactones) is 1. The molecule has 2 N–H and O–H groups in total. The van der Waals surface area contributed by atoms with Gasteiger partial charge in [0.05, 0.1) is 6.04 Å². The minimum atomic E-state index is -0.339. The SMILES string of the molecule is O=C1NC(c2ccc3[nH]ccc3c2)CO1. The van der Waals surface area contributed by atoms with Crippen molar-refractivity contribution in [3.05, 3.63) is 36.0 Å². The summed E-state index contributed by atoms with van der Waals surface area (Å²) < 4.78 is 4.86. The third kappa shape index (κ3) is 1.34. The highest BCUT2D eigenvalue weighted by Crippen LogP contribution is 2.22. The van der Waals surface area contributed by atoms with Crippen molar-refractivity contribution in [1.82, 2.24) is 10.3 Å². The molecule has 2 aromatic rings. The fraction of sp³-hybridized carbons (Fsp3) is 0.182. The van der Waals surface area contributed by atoms with Crippen LogP contribution in [-0.2, 0) is 4.74 Å². The first-order valence-electron chi connectivity index (χ1n) is 4.83. The quantitative estimate of drug-likeness (QED) is 0.742. The lowest BCUT2D eigenvalue weighted by Crippen LogP contribution is -2.18.